The molecule has 0 aromatic rings. The first kappa shape index (κ1) is 80.3. The van der Waals surface area contributed by atoms with E-state index in [-0.39, 0.29) is 18.5 Å². The molecule has 0 aromatic heterocycles. The quantitative estimate of drug-likeness (QED) is 0.0320. The fourth-order valence-electron chi connectivity index (χ4n) is 12.0. The minimum atomic E-state index is -0.665. The molecule has 0 aromatic carbocycles. The maximum atomic E-state index is 12.6. The van der Waals surface area contributed by atoms with E-state index < -0.39 is 12.1 Å². The summed E-state index contributed by atoms with van der Waals surface area (Å²) in [5.41, 5.74) is 0. The first-order valence-corrected chi connectivity index (χ1v) is 37.6. The van der Waals surface area contributed by atoms with Crippen molar-refractivity contribution in [1.29, 1.82) is 0 Å². The predicted molar refractivity (Wildman–Crippen MR) is 361 cm³/mol. The van der Waals surface area contributed by atoms with Gasteiger partial charge in [0.25, 0.3) is 0 Å². The van der Waals surface area contributed by atoms with Crippen LogP contribution in [0.1, 0.15) is 425 Å². The SMILES string of the molecule is CCCCCC/C=C\C/C=C\CCCCCCCCCC(=O)OCCCCCCCCCCCCCCCCCCCCCCCCCCC(=O)NC(CO)C(O)CCCCCCCCCCCCCCCCCCCCCCCCC. The molecule has 2 atom stereocenters. The van der Waals surface area contributed by atoms with Crippen LogP contribution < -0.4 is 5.32 Å². The molecule has 6 nitrogen and oxygen atoms in total. The average molecular weight is 1160 g/mol. The Bertz CT molecular complexity index is 1280. The molecular formula is C76H147NO5. The van der Waals surface area contributed by atoms with E-state index >= 15 is 0 Å². The summed E-state index contributed by atoms with van der Waals surface area (Å²) in [6, 6.07) is -0.542. The largest absolute Gasteiger partial charge is 0.466 e. The van der Waals surface area contributed by atoms with Gasteiger partial charge in [-0.3, -0.25) is 9.59 Å². The Kier molecular flexibility index (Phi) is 70.4. The lowest BCUT2D eigenvalue weighted by atomic mass is 10.0. The van der Waals surface area contributed by atoms with E-state index in [4.69, 9.17) is 4.74 Å². The van der Waals surface area contributed by atoms with Crippen LogP contribution >= 0.6 is 0 Å². The van der Waals surface area contributed by atoms with Gasteiger partial charge < -0.3 is 20.3 Å². The van der Waals surface area contributed by atoms with Crippen LogP contribution in [-0.4, -0.2) is 47.4 Å². The van der Waals surface area contributed by atoms with Crippen LogP contribution in [0, 0.1) is 0 Å². The molecule has 0 heterocycles. The van der Waals surface area contributed by atoms with Crippen LogP contribution in [0.5, 0.6) is 0 Å². The van der Waals surface area contributed by atoms with Crippen molar-refractivity contribution in [1.82, 2.24) is 5.32 Å². The summed E-state index contributed by atoms with van der Waals surface area (Å²) in [5, 5.41) is 23.5. The van der Waals surface area contributed by atoms with E-state index in [1.165, 1.54) is 340 Å². The minimum absolute atomic E-state index is 0.00930. The van der Waals surface area contributed by atoms with E-state index in [9.17, 15) is 19.8 Å². The van der Waals surface area contributed by atoms with Gasteiger partial charge in [-0.15, -0.1) is 0 Å². The second-order valence-electron chi connectivity index (χ2n) is 26.0. The molecule has 0 saturated heterocycles. The molecule has 0 fully saturated rings. The van der Waals surface area contributed by atoms with Crippen LogP contribution in [0.2, 0.25) is 0 Å². The average Bonchev–Trinajstić information content (AvgIpc) is 3.48. The van der Waals surface area contributed by atoms with Crippen molar-refractivity contribution in [3.63, 3.8) is 0 Å². The van der Waals surface area contributed by atoms with Gasteiger partial charge in [0.1, 0.15) is 0 Å². The Labute approximate surface area is 513 Å². The highest BCUT2D eigenvalue weighted by Crippen LogP contribution is 2.20. The van der Waals surface area contributed by atoms with Crippen molar-refractivity contribution in [3.8, 4) is 0 Å². The Balaban J connectivity index is 3.36. The van der Waals surface area contributed by atoms with E-state index in [2.05, 4.69) is 43.5 Å². The van der Waals surface area contributed by atoms with Crippen molar-refractivity contribution in [2.75, 3.05) is 13.2 Å². The maximum absolute atomic E-state index is 12.6. The van der Waals surface area contributed by atoms with Gasteiger partial charge in [-0.1, -0.05) is 378 Å². The third-order valence-electron chi connectivity index (χ3n) is 17.8. The first-order chi connectivity index (χ1) is 40.5. The summed E-state index contributed by atoms with van der Waals surface area (Å²) in [6.45, 7) is 4.98. The molecule has 6 heteroatoms. The molecule has 0 spiro atoms. The highest BCUT2D eigenvalue weighted by atomic mass is 16.5. The van der Waals surface area contributed by atoms with Crippen LogP contribution in [0.4, 0.5) is 0 Å². The summed E-state index contributed by atoms with van der Waals surface area (Å²) >= 11 is 0. The van der Waals surface area contributed by atoms with Gasteiger partial charge in [-0.2, -0.15) is 0 Å². The van der Waals surface area contributed by atoms with E-state index in [0.29, 0.717) is 25.9 Å². The Morgan fingerprint density at radius 2 is 0.610 bits per heavy atom. The van der Waals surface area contributed by atoms with Gasteiger partial charge >= 0.3 is 5.97 Å². The number of carbonyl (C=O) groups excluding carboxylic acids is 2. The lowest BCUT2D eigenvalue weighted by molar-refractivity contribution is -0.143. The molecule has 486 valence electrons. The fraction of sp³-hybridized carbons (Fsp3) is 0.921. The molecule has 0 aliphatic carbocycles. The van der Waals surface area contributed by atoms with Gasteiger partial charge in [0.15, 0.2) is 0 Å². The topological polar surface area (TPSA) is 95.9 Å². The normalized spacial score (nSPS) is 12.6. The number of esters is 1. The van der Waals surface area contributed by atoms with Crippen molar-refractivity contribution in [2.45, 2.75) is 437 Å². The van der Waals surface area contributed by atoms with E-state index in [0.717, 1.165) is 51.4 Å². The van der Waals surface area contributed by atoms with Crippen molar-refractivity contribution < 1.29 is 24.5 Å². The molecule has 0 bridgehead atoms. The smallest absolute Gasteiger partial charge is 0.305 e. The fourth-order valence-corrected chi connectivity index (χ4v) is 12.0. The first-order valence-electron chi connectivity index (χ1n) is 37.6. The lowest BCUT2D eigenvalue weighted by Gasteiger charge is -2.22. The standard InChI is InChI=1S/C76H147NO5/c1-3-5-7-9-11-13-15-17-19-21-23-24-27-30-33-36-40-44-48-52-56-60-64-68-74(79)73(72-78)77-75(80)69-65-61-57-53-49-45-41-37-34-31-28-25-26-29-32-35-39-43-47-51-55-59-63-67-71-82-76(81)70-66-62-58-54-50-46-42-38-22-20-18-16-14-12-10-8-6-4-2/h14,16,20,22,73-74,78-79H,3-13,15,17-19,21,23-72H2,1-2H3,(H,77,80)/b16-14-,22-20-. The highest BCUT2D eigenvalue weighted by Gasteiger charge is 2.20. The summed E-state index contributed by atoms with van der Waals surface area (Å²) in [5.74, 6) is -0.0194. The number of amides is 1. The highest BCUT2D eigenvalue weighted by molar-refractivity contribution is 5.76. The molecule has 2 unspecified atom stereocenters. The number of unbranched alkanes of at least 4 members (excludes halogenated alkanes) is 56. The third-order valence-corrected chi connectivity index (χ3v) is 17.8. The number of hydrogen-bond donors (Lipinski definition) is 3. The van der Waals surface area contributed by atoms with Gasteiger partial charge in [0.05, 0.1) is 25.4 Å². The predicted octanol–water partition coefficient (Wildman–Crippen LogP) is 24.5. The molecule has 82 heavy (non-hydrogen) atoms. The second-order valence-corrected chi connectivity index (χ2v) is 26.0. The lowest BCUT2D eigenvalue weighted by Crippen LogP contribution is -2.45. The van der Waals surface area contributed by atoms with Crippen LogP contribution in [0.25, 0.3) is 0 Å². The zero-order chi connectivity index (χ0) is 59.2. The van der Waals surface area contributed by atoms with E-state index in [1.807, 2.05) is 0 Å². The molecule has 0 radical (unpaired) electrons. The van der Waals surface area contributed by atoms with Crippen molar-refractivity contribution in [3.05, 3.63) is 24.3 Å². The summed E-state index contributed by atoms with van der Waals surface area (Å²) < 4.78 is 5.51. The zero-order valence-corrected chi connectivity index (χ0v) is 55.8. The molecule has 0 aliphatic heterocycles. The number of aliphatic hydroxyl groups is 2. The number of nitrogens with one attached hydrogen (secondary N) is 1. The van der Waals surface area contributed by atoms with Crippen LogP contribution in [0.3, 0.4) is 0 Å². The Morgan fingerprint density at radius 1 is 0.341 bits per heavy atom. The number of ether oxygens (including phenoxy) is 1. The number of rotatable bonds is 71. The summed E-state index contributed by atoms with van der Waals surface area (Å²) in [7, 11) is 0. The monoisotopic (exact) mass is 1150 g/mol. The third kappa shape index (κ3) is 67.5. The number of allylic oxidation sites excluding steroid dienone is 4. The van der Waals surface area contributed by atoms with Crippen LogP contribution in [0.15, 0.2) is 24.3 Å². The zero-order valence-electron chi connectivity index (χ0n) is 55.8. The number of carbonyl (C=O) groups is 2. The molecule has 0 rings (SSSR count). The molecular weight excluding hydrogens is 1010 g/mol. The van der Waals surface area contributed by atoms with Gasteiger partial charge in [-0.25, -0.2) is 0 Å². The van der Waals surface area contributed by atoms with Crippen molar-refractivity contribution >= 4 is 11.9 Å². The van der Waals surface area contributed by atoms with Gasteiger partial charge in [0, 0.05) is 12.8 Å². The summed E-state index contributed by atoms with van der Waals surface area (Å²) in [6.07, 6.45) is 90.9. The summed E-state index contributed by atoms with van der Waals surface area (Å²) in [4.78, 5) is 24.7. The van der Waals surface area contributed by atoms with Crippen molar-refractivity contribution in [2.24, 2.45) is 0 Å². The Morgan fingerprint density at radius 3 is 0.939 bits per heavy atom. The molecule has 3 N–H and O–H groups in total. The van der Waals surface area contributed by atoms with Crippen LogP contribution in [-0.2, 0) is 14.3 Å². The maximum Gasteiger partial charge on any atom is 0.305 e. The Hall–Kier alpha value is -1.66. The van der Waals surface area contributed by atoms with E-state index in [1.54, 1.807) is 0 Å². The molecule has 0 aliphatic rings. The van der Waals surface area contributed by atoms with Gasteiger partial charge in [0.2, 0.25) is 5.91 Å². The number of hydrogen-bond acceptors (Lipinski definition) is 5. The molecule has 1 amide bonds. The molecule has 0 saturated carbocycles. The van der Waals surface area contributed by atoms with Gasteiger partial charge in [-0.05, 0) is 57.8 Å². The number of aliphatic hydroxyl groups excluding tert-OH is 2. The second kappa shape index (κ2) is 71.8. The minimum Gasteiger partial charge on any atom is -0.466 e.